The zero-order valence-electron chi connectivity index (χ0n) is 14.8. The van der Waals surface area contributed by atoms with Crippen LogP contribution in [0.5, 0.6) is 0 Å². The lowest BCUT2D eigenvalue weighted by molar-refractivity contribution is -0.323. The van der Waals surface area contributed by atoms with Gasteiger partial charge in [-0.2, -0.15) is 22.0 Å². The van der Waals surface area contributed by atoms with Crippen LogP contribution in [-0.4, -0.2) is 12.1 Å². The number of benzene rings is 2. The molecule has 0 amide bonds. The fourth-order valence-electron chi connectivity index (χ4n) is 2.99. The van der Waals surface area contributed by atoms with E-state index >= 15 is 4.39 Å². The Kier molecular flexibility index (Phi) is 5.41. The third-order valence-electron chi connectivity index (χ3n) is 4.64. The first-order chi connectivity index (χ1) is 12.4. The van der Waals surface area contributed by atoms with Gasteiger partial charge in [0.2, 0.25) is 5.67 Å². The highest BCUT2D eigenvalue weighted by Gasteiger charge is 2.72. The van der Waals surface area contributed by atoms with Gasteiger partial charge in [-0.1, -0.05) is 38.1 Å². The van der Waals surface area contributed by atoms with E-state index in [-0.39, 0.29) is 11.4 Å². The molecule has 0 spiro atoms. The van der Waals surface area contributed by atoms with Crippen molar-refractivity contribution in [2.75, 3.05) is 11.5 Å². The summed E-state index contributed by atoms with van der Waals surface area (Å²) in [5, 5.41) is 0. The minimum atomic E-state index is -6.13. The summed E-state index contributed by atoms with van der Waals surface area (Å²) in [6, 6.07) is 5.94. The van der Waals surface area contributed by atoms with Gasteiger partial charge in [-0.3, -0.25) is 0 Å². The molecular formula is C19H20F6N2. The Labute approximate surface area is 153 Å². The van der Waals surface area contributed by atoms with Crippen molar-refractivity contribution in [3.63, 3.8) is 0 Å². The Balaban J connectivity index is 2.81. The van der Waals surface area contributed by atoms with Crippen molar-refractivity contribution in [1.82, 2.24) is 0 Å². The van der Waals surface area contributed by atoms with Crippen LogP contribution in [0.25, 0.3) is 0 Å². The molecule has 2 aromatic carbocycles. The topological polar surface area (TPSA) is 52.0 Å². The number of rotatable bonds is 5. The number of nitrogen functional groups attached to an aromatic ring is 2. The number of hydrogen-bond donors (Lipinski definition) is 2. The number of aryl methyl sites for hydroxylation is 2. The van der Waals surface area contributed by atoms with Crippen molar-refractivity contribution in [2.24, 2.45) is 0 Å². The van der Waals surface area contributed by atoms with Crippen LogP contribution in [0.15, 0.2) is 36.4 Å². The molecule has 8 heteroatoms. The molecule has 0 saturated heterocycles. The Bertz CT molecular complexity index is 776. The molecule has 2 nitrogen and oxygen atoms in total. The molecule has 0 radical (unpaired) electrons. The smallest absolute Gasteiger partial charge is 0.398 e. The Morgan fingerprint density at radius 3 is 1.33 bits per heavy atom. The van der Waals surface area contributed by atoms with Crippen molar-refractivity contribution >= 4 is 11.4 Å². The molecule has 0 aliphatic rings. The summed E-state index contributed by atoms with van der Waals surface area (Å²) >= 11 is 0. The molecule has 0 saturated carbocycles. The van der Waals surface area contributed by atoms with E-state index in [9.17, 15) is 22.0 Å². The van der Waals surface area contributed by atoms with Crippen LogP contribution in [0.4, 0.5) is 37.7 Å². The standard InChI is InChI=1S/C19H20F6N2/c1-3-11-5-7-13(9-15(11)26)17(20,18(21,22)19(23,24)25)14-8-6-12(4-2)16(27)10-14/h5-10H,3-4,26-27H2,1-2H3. The molecule has 27 heavy (non-hydrogen) atoms. The summed E-state index contributed by atoms with van der Waals surface area (Å²) in [4.78, 5) is 0. The molecule has 0 atom stereocenters. The number of nitrogens with two attached hydrogens (primary N) is 2. The maximum absolute atomic E-state index is 15.8. The van der Waals surface area contributed by atoms with Crippen LogP contribution < -0.4 is 11.5 Å². The number of anilines is 2. The second-order valence-electron chi connectivity index (χ2n) is 6.26. The monoisotopic (exact) mass is 390 g/mol. The highest BCUT2D eigenvalue weighted by molar-refractivity contribution is 5.56. The molecule has 0 unspecified atom stereocenters. The summed E-state index contributed by atoms with van der Waals surface area (Å²) in [6.07, 6.45) is -5.30. The van der Waals surface area contributed by atoms with E-state index in [1.165, 1.54) is 12.1 Å². The minimum absolute atomic E-state index is 0.0619. The van der Waals surface area contributed by atoms with Crippen LogP contribution in [-0.2, 0) is 18.5 Å². The second kappa shape index (κ2) is 6.98. The van der Waals surface area contributed by atoms with Gasteiger partial charge in [0.1, 0.15) is 0 Å². The molecule has 0 aliphatic heterocycles. The third kappa shape index (κ3) is 3.33. The largest absolute Gasteiger partial charge is 0.457 e. The zero-order chi connectivity index (χ0) is 20.6. The van der Waals surface area contributed by atoms with E-state index in [0.717, 1.165) is 24.3 Å². The summed E-state index contributed by atoms with van der Waals surface area (Å²) < 4.78 is 84.0. The molecule has 2 aromatic rings. The number of halogens is 6. The van der Waals surface area contributed by atoms with Gasteiger partial charge in [0, 0.05) is 22.5 Å². The van der Waals surface area contributed by atoms with Crippen LogP contribution in [0, 0.1) is 0 Å². The third-order valence-corrected chi connectivity index (χ3v) is 4.64. The summed E-state index contributed by atoms with van der Waals surface area (Å²) in [5.74, 6) is -5.71. The van der Waals surface area contributed by atoms with E-state index in [4.69, 9.17) is 11.5 Å². The van der Waals surface area contributed by atoms with Crippen molar-refractivity contribution < 1.29 is 26.3 Å². The van der Waals surface area contributed by atoms with Crippen molar-refractivity contribution in [3.05, 3.63) is 58.7 Å². The van der Waals surface area contributed by atoms with Gasteiger partial charge in [0.25, 0.3) is 0 Å². The number of alkyl halides is 6. The van der Waals surface area contributed by atoms with Gasteiger partial charge < -0.3 is 11.5 Å². The number of hydrogen-bond acceptors (Lipinski definition) is 2. The second-order valence-corrected chi connectivity index (χ2v) is 6.26. The van der Waals surface area contributed by atoms with Gasteiger partial charge in [-0.25, -0.2) is 4.39 Å². The van der Waals surface area contributed by atoms with Crippen molar-refractivity contribution in [2.45, 2.75) is 44.5 Å². The molecular weight excluding hydrogens is 370 g/mol. The highest BCUT2D eigenvalue weighted by Crippen LogP contribution is 2.54. The Morgan fingerprint density at radius 1 is 0.704 bits per heavy atom. The fourth-order valence-corrected chi connectivity index (χ4v) is 2.99. The summed E-state index contributed by atoms with van der Waals surface area (Å²) in [6.45, 7) is 3.45. The van der Waals surface area contributed by atoms with Crippen LogP contribution >= 0.6 is 0 Å². The lowest BCUT2D eigenvalue weighted by Crippen LogP contribution is -2.53. The predicted octanol–water partition coefficient (Wildman–Crippen LogP) is 5.39. The first-order valence-electron chi connectivity index (χ1n) is 8.31. The van der Waals surface area contributed by atoms with Crippen LogP contribution in [0.1, 0.15) is 36.1 Å². The summed E-state index contributed by atoms with van der Waals surface area (Å²) in [5.41, 5.74) is 6.37. The van der Waals surface area contributed by atoms with E-state index in [1.807, 2.05) is 0 Å². The molecule has 0 aromatic heterocycles. The molecule has 0 heterocycles. The van der Waals surface area contributed by atoms with Gasteiger partial charge in [0.05, 0.1) is 0 Å². The van der Waals surface area contributed by atoms with Gasteiger partial charge in [-0.05, 0) is 36.1 Å². The average molecular weight is 390 g/mol. The van der Waals surface area contributed by atoms with E-state index < -0.39 is 28.9 Å². The predicted molar refractivity (Wildman–Crippen MR) is 93.4 cm³/mol. The van der Waals surface area contributed by atoms with Crippen LogP contribution in [0.3, 0.4) is 0 Å². The van der Waals surface area contributed by atoms with E-state index in [2.05, 4.69) is 0 Å². The molecule has 0 bridgehead atoms. The molecule has 4 N–H and O–H groups in total. The minimum Gasteiger partial charge on any atom is -0.398 e. The van der Waals surface area contributed by atoms with Gasteiger partial charge in [0.15, 0.2) is 0 Å². The molecule has 148 valence electrons. The molecule has 0 fully saturated rings. The first-order valence-corrected chi connectivity index (χ1v) is 8.31. The first kappa shape index (κ1) is 20.9. The van der Waals surface area contributed by atoms with Gasteiger partial charge in [-0.15, -0.1) is 0 Å². The average Bonchev–Trinajstić information content (AvgIpc) is 2.59. The molecule has 0 aliphatic carbocycles. The molecule has 2 rings (SSSR count). The SMILES string of the molecule is CCc1ccc(C(F)(c2ccc(CC)c(N)c2)C(F)(F)C(F)(F)F)cc1N. The maximum Gasteiger partial charge on any atom is 0.457 e. The lowest BCUT2D eigenvalue weighted by atomic mass is 9.80. The normalized spacial score (nSPS) is 13.0. The van der Waals surface area contributed by atoms with Gasteiger partial charge >= 0.3 is 12.1 Å². The van der Waals surface area contributed by atoms with E-state index in [0.29, 0.717) is 24.0 Å². The summed E-state index contributed by atoms with van der Waals surface area (Å²) in [7, 11) is 0. The van der Waals surface area contributed by atoms with Crippen molar-refractivity contribution in [3.8, 4) is 0 Å². The highest BCUT2D eigenvalue weighted by atomic mass is 19.4. The van der Waals surface area contributed by atoms with E-state index in [1.54, 1.807) is 13.8 Å². The Morgan fingerprint density at radius 2 is 1.07 bits per heavy atom. The fraction of sp³-hybridized carbons (Fsp3) is 0.368. The van der Waals surface area contributed by atoms with Crippen molar-refractivity contribution in [1.29, 1.82) is 0 Å². The quantitative estimate of drug-likeness (QED) is 0.532. The lowest BCUT2D eigenvalue weighted by Gasteiger charge is -2.36. The Hall–Kier alpha value is -2.38. The maximum atomic E-state index is 15.8. The van der Waals surface area contributed by atoms with Crippen LogP contribution in [0.2, 0.25) is 0 Å². The zero-order valence-corrected chi connectivity index (χ0v) is 14.8.